The van der Waals surface area contributed by atoms with Crippen LogP contribution in [0.5, 0.6) is 5.75 Å². The first kappa shape index (κ1) is 14.5. The Balaban J connectivity index is 1.93. The third-order valence-corrected chi connectivity index (χ3v) is 3.51. The summed E-state index contributed by atoms with van der Waals surface area (Å²) in [5, 5.41) is 5.80. The first-order chi connectivity index (χ1) is 9.54. The van der Waals surface area contributed by atoms with Gasteiger partial charge >= 0.3 is 0 Å². The fourth-order valence-corrected chi connectivity index (χ4v) is 2.35. The van der Waals surface area contributed by atoms with Gasteiger partial charge in [-0.1, -0.05) is 0 Å². The van der Waals surface area contributed by atoms with Crippen LogP contribution < -0.4 is 10.1 Å². The van der Waals surface area contributed by atoms with E-state index < -0.39 is 0 Å². The van der Waals surface area contributed by atoms with E-state index in [2.05, 4.69) is 10.3 Å². The zero-order valence-corrected chi connectivity index (χ0v) is 12.7. The first-order valence-corrected chi connectivity index (χ1v) is 7.37. The van der Waals surface area contributed by atoms with Gasteiger partial charge in [0.15, 0.2) is 0 Å². The highest BCUT2D eigenvalue weighted by Gasteiger charge is 2.07. The molecular weight excluding hydrogens is 272 g/mol. The number of amides is 1. The van der Waals surface area contributed by atoms with Gasteiger partial charge in [0.05, 0.1) is 0 Å². The number of nitrogens with zero attached hydrogens (tertiary/aromatic N) is 1. The molecular formula is C15H18N2O2S. The lowest BCUT2D eigenvalue weighted by molar-refractivity contribution is 0.0943. The Morgan fingerprint density at radius 2 is 2.05 bits per heavy atom. The van der Waals surface area contributed by atoms with Crippen LogP contribution in [0.3, 0.4) is 0 Å². The second-order valence-corrected chi connectivity index (χ2v) is 5.77. The van der Waals surface area contributed by atoms with Crippen LogP contribution in [-0.2, 0) is 6.61 Å². The highest BCUT2D eigenvalue weighted by atomic mass is 32.1. The van der Waals surface area contributed by atoms with E-state index in [1.165, 1.54) is 0 Å². The molecule has 0 aliphatic carbocycles. The summed E-state index contributed by atoms with van der Waals surface area (Å²) < 4.78 is 5.64. The topological polar surface area (TPSA) is 51.2 Å². The highest BCUT2D eigenvalue weighted by molar-refractivity contribution is 7.09. The molecule has 0 aliphatic rings. The van der Waals surface area contributed by atoms with Gasteiger partial charge < -0.3 is 10.1 Å². The van der Waals surface area contributed by atoms with Gasteiger partial charge in [-0.15, -0.1) is 11.3 Å². The Hall–Kier alpha value is -1.88. The van der Waals surface area contributed by atoms with Gasteiger partial charge in [0.2, 0.25) is 0 Å². The van der Waals surface area contributed by atoms with Crippen LogP contribution in [0.4, 0.5) is 0 Å². The summed E-state index contributed by atoms with van der Waals surface area (Å²) in [5.74, 6) is 0.668. The number of nitrogens with one attached hydrogen (secondary N) is 1. The molecule has 106 valence electrons. The summed E-state index contributed by atoms with van der Waals surface area (Å²) in [6.07, 6.45) is 0. The average molecular weight is 290 g/mol. The van der Waals surface area contributed by atoms with Crippen molar-refractivity contribution in [2.75, 3.05) is 0 Å². The normalized spacial score (nSPS) is 10.6. The van der Waals surface area contributed by atoms with Crippen molar-refractivity contribution in [1.82, 2.24) is 10.3 Å². The van der Waals surface area contributed by atoms with Crippen LogP contribution in [0.15, 0.2) is 29.6 Å². The van der Waals surface area contributed by atoms with Crippen molar-refractivity contribution < 1.29 is 9.53 Å². The maximum atomic E-state index is 11.8. The molecule has 5 heteroatoms. The largest absolute Gasteiger partial charge is 0.486 e. The number of carbonyl (C=O) groups excluding carboxylic acids is 1. The van der Waals surface area contributed by atoms with Crippen LogP contribution >= 0.6 is 11.3 Å². The molecule has 1 aromatic heterocycles. The predicted molar refractivity (Wildman–Crippen MR) is 80.2 cm³/mol. The van der Waals surface area contributed by atoms with Crippen LogP contribution in [0, 0.1) is 6.92 Å². The van der Waals surface area contributed by atoms with E-state index in [0.717, 1.165) is 16.5 Å². The third kappa shape index (κ3) is 4.06. The fourth-order valence-electron chi connectivity index (χ4n) is 1.66. The molecule has 0 spiro atoms. The number of hydrogen-bond donors (Lipinski definition) is 1. The first-order valence-electron chi connectivity index (χ1n) is 6.49. The lowest BCUT2D eigenvalue weighted by Gasteiger charge is -2.09. The number of benzene rings is 1. The molecule has 20 heavy (non-hydrogen) atoms. The molecule has 1 N–H and O–H groups in total. The van der Waals surface area contributed by atoms with Crippen molar-refractivity contribution in [3.8, 4) is 5.75 Å². The van der Waals surface area contributed by atoms with Crippen LogP contribution in [-0.4, -0.2) is 16.9 Å². The molecule has 2 aromatic rings. The zero-order valence-electron chi connectivity index (χ0n) is 11.8. The molecule has 0 saturated heterocycles. The smallest absolute Gasteiger partial charge is 0.251 e. The van der Waals surface area contributed by atoms with Crippen LogP contribution in [0.1, 0.15) is 34.9 Å². The van der Waals surface area contributed by atoms with Gasteiger partial charge in [-0.05, 0) is 45.0 Å². The Morgan fingerprint density at radius 1 is 1.35 bits per heavy atom. The fraction of sp³-hybridized carbons (Fsp3) is 0.333. The summed E-state index contributed by atoms with van der Waals surface area (Å²) in [4.78, 5) is 16.1. The number of rotatable bonds is 5. The number of thiazole rings is 1. The average Bonchev–Trinajstić information content (AvgIpc) is 2.82. The van der Waals surface area contributed by atoms with E-state index >= 15 is 0 Å². The highest BCUT2D eigenvalue weighted by Crippen LogP contribution is 2.16. The molecule has 0 aliphatic heterocycles. The second-order valence-electron chi connectivity index (χ2n) is 4.82. The van der Waals surface area contributed by atoms with Gasteiger partial charge in [-0.25, -0.2) is 4.98 Å². The minimum Gasteiger partial charge on any atom is -0.486 e. The van der Waals surface area contributed by atoms with E-state index in [9.17, 15) is 4.79 Å². The van der Waals surface area contributed by atoms with Gasteiger partial charge in [0.1, 0.15) is 17.4 Å². The SMILES string of the molecule is Cc1csc(COc2ccc(C(=O)NC(C)C)cc2)n1. The molecule has 0 bridgehead atoms. The summed E-state index contributed by atoms with van der Waals surface area (Å²) in [7, 11) is 0. The minimum absolute atomic E-state index is 0.0675. The second kappa shape index (κ2) is 6.52. The van der Waals surface area contributed by atoms with E-state index in [4.69, 9.17) is 4.74 Å². The van der Waals surface area contributed by atoms with E-state index in [1.807, 2.05) is 26.2 Å². The van der Waals surface area contributed by atoms with Crippen molar-refractivity contribution in [3.05, 3.63) is 45.9 Å². The van der Waals surface area contributed by atoms with Gasteiger partial charge in [-0.2, -0.15) is 0 Å². The summed E-state index contributed by atoms with van der Waals surface area (Å²) in [6, 6.07) is 7.26. The molecule has 4 nitrogen and oxygen atoms in total. The van der Waals surface area contributed by atoms with Crippen LogP contribution in [0.2, 0.25) is 0 Å². The summed E-state index contributed by atoms with van der Waals surface area (Å²) in [6.45, 7) is 6.29. The van der Waals surface area contributed by atoms with Gasteiger partial charge in [0, 0.05) is 22.7 Å². The molecule has 0 saturated carbocycles. The molecule has 0 atom stereocenters. The molecule has 0 fully saturated rings. The van der Waals surface area contributed by atoms with Crippen molar-refractivity contribution >= 4 is 17.2 Å². The molecule has 0 radical (unpaired) electrons. The van der Waals surface area contributed by atoms with E-state index in [1.54, 1.807) is 35.6 Å². The Bertz CT molecular complexity index is 576. The maximum absolute atomic E-state index is 11.8. The number of hydrogen-bond acceptors (Lipinski definition) is 4. The molecule has 1 heterocycles. The van der Waals surface area contributed by atoms with Crippen LogP contribution in [0.25, 0.3) is 0 Å². The Kier molecular flexibility index (Phi) is 4.74. The maximum Gasteiger partial charge on any atom is 0.251 e. The third-order valence-electron chi connectivity index (χ3n) is 2.57. The Morgan fingerprint density at radius 3 is 2.60 bits per heavy atom. The number of aryl methyl sites for hydroxylation is 1. The molecule has 0 unspecified atom stereocenters. The summed E-state index contributed by atoms with van der Waals surface area (Å²) in [5.41, 5.74) is 1.64. The van der Waals surface area contributed by atoms with E-state index in [-0.39, 0.29) is 11.9 Å². The number of ether oxygens (including phenoxy) is 1. The van der Waals surface area contributed by atoms with Gasteiger partial charge in [-0.3, -0.25) is 4.79 Å². The quantitative estimate of drug-likeness (QED) is 0.920. The van der Waals surface area contributed by atoms with Crippen molar-refractivity contribution in [2.45, 2.75) is 33.4 Å². The van der Waals surface area contributed by atoms with E-state index in [0.29, 0.717) is 12.2 Å². The molecule has 1 aromatic carbocycles. The monoisotopic (exact) mass is 290 g/mol. The van der Waals surface area contributed by atoms with Crippen molar-refractivity contribution in [2.24, 2.45) is 0 Å². The minimum atomic E-state index is -0.0675. The summed E-state index contributed by atoms with van der Waals surface area (Å²) >= 11 is 1.58. The Labute approximate surface area is 122 Å². The zero-order chi connectivity index (χ0) is 14.5. The lowest BCUT2D eigenvalue weighted by atomic mass is 10.2. The van der Waals surface area contributed by atoms with Gasteiger partial charge in [0.25, 0.3) is 5.91 Å². The standard InChI is InChI=1S/C15H18N2O2S/c1-10(2)16-15(18)12-4-6-13(7-5-12)19-8-14-17-11(3)9-20-14/h4-7,9-10H,8H2,1-3H3,(H,16,18). The van der Waals surface area contributed by atoms with Crippen molar-refractivity contribution in [1.29, 1.82) is 0 Å². The number of carbonyl (C=O) groups is 1. The number of aromatic nitrogens is 1. The predicted octanol–water partition coefficient (Wildman–Crippen LogP) is 3.17. The molecule has 1 amide bonds. The lowest BCUT2D eigenvalue weighted by Crippen LogP contribution is -2.29. The molecule has 2 rings (SSSR count). The van der Waals surface area contributed by atoms with Crippen molar-refractivity contribution in [3.63, 3.8) is 0 Å².